The van der Waals surface area contributed by atoms with Crippen LogP contribution in [0.15, 0.2) is 60.7 Å². The van der Waals surface area contributed by atoms with Gasteiger partial charge in [0, 0.05) is 12.0 Å². The van der Waals surface area contributed by atoms with Crippen LogP contribution in [0, 0.1) is 17.3 Å². The summed E-state index contributed by atoms with van der Waals surface area (Å²) in [7, 11) is 0. The van der Waals surface area contributed by atoms with Crippen LogP contribution >= 0.6 is 0 Å². The molecule has 0 spiro atoms. The van der Waals surface area contributed by atoms with Gasteiger partial charge in [-0.15, -0.1) is 0 Å². The van der Waals surface area contributed by atoms with E-state index in [4.69, 9.17) is 14.2 Å². The van der Waals surface area contributed by atoms with Crippen molar-refractivity contribution in [1.82, 2.24) is 0 Å². The summed E-state index contributed by atoms with van der Waals surface area (Å²) in [6.45, 7) is 7.29. The smallest absolute Gasteiger partial charge is 0.343 e. The molecule has 0 aromatic heterocycles. The van der Waals surface area contributed by atoms with Gasteiger partial charge >= 0.3 is 5.97 Å². The number of hydrogen-bond donors (Lipinski definition) is 0. The number of rotatable bonds is 7. The van der Waals surface area contributed by atoms with Crippen molar-refractivity contribution in [1.29, 1.82) is 0 Å². The van der Waals surface area contributed by atoms with Gasteiger partial charge in [0.15, 0.2) is 6.29 Å². The molecular formula is C30H36O4. The van der Waals surface area contributed by atoms with E-state index in [0.717, 1.165) is 32.3 Å². The van der Waals surface area contributed by atoms with Crippen LogP contribution in [0.25, 0.3) is 0 Å². The molecule has 180 valence electrons. The van der Waals surface area contributed by atoms with Crippen LogP contribution in [-0.2, 0) is 15.9 Å². The highest BCUT2D eigenvalue weighted by molar-refractivity contribution is 5.91. The predicted molar refractivity (Wildman–Crippen MR) is 133 cm³/mol. The van der Waals surface area contributed by atoms with E-state index in [9.17, 15) is 4.79 Å². The summed E-state index contributed by atoms with van der Waals surface area (Å²) in [5.74, 6) is 2.04. The van der Waals surface area contributed by atoms with Crippen molar-refractivity contribution in [2.75, 3.05) is 6.61 Å². The Kier molecular flexibility index (Phi) is 6.63. The van der Waals surface area contributed by atoms with Gasteiger partial charge in [0.1, 0.15) is 5.75 Å². The maximum absolute atomic E-state index is 12.5. The van der Waals surface area contributed by atoms with Crippen LogP contribution in [0.4, 0.5) is 0 Å². The first kappa shape index (κ1) is 23.3. The van der Waals surface area contributed by atoms with E-state index in [1.807, 2.05) is 31.2 Å². The van der Waals surface area contributed by atoms with Crippen molar-refractivity contribution in [2.24, 2.45) is 17.3 Å². The maximum Gasteiger partial charge on any atom is 0.343 e. The Morgan fingerprint density at radius 3 is 2.74 bits per heavy atom. The third-order valence-electron chi connectivity index (χ3n) is 8.25. The first-order valence-electron chi connectivity index (χ1n) is 12.8. The average Bonchev–Trinajstić information content (AvgIpc) is 3.19. The van der Waals surface area contributed by atoms with Gasteiger partial charge < -0.3 is 14.2 Å². The topological polar surface area (TPSA) is 44.8 Å². The van der Waals surface area contributed by atoms with Crippen LogP contribution in [0.2, 0.25) is 0 Å². The lowest BCUT2D eigenvalue weighted by Gasteiger charge is -2.50. The van der Waals surface area contributed by atoms with Crippen LogP contribution in [0.5, 0.6) is 5.75 Å². The van der Waals surface area contributed by atoms with Gasteiger partial charge in [0.2, 0.25) is 0 Å². The zero-order valence-electron chi connectivity index (χ0n) is 20.5. The molecule has 3 aliphatic rings. The monoisotopic (exact) mass is 460 g/mol. The molecule has 1 saturated carbocycles. The van der Waals surface area contributed by atoms with E-state index in [0.29, 0.717) is 29.1 Å². The molecule has 6 atom stereocenters. The summed E-state index contributed by atoms with van der Waals surface area (Å²) in [4.78, 5) is 12.5. The fourth-order valence-electron chi connectivity index (χ4n) is 6.50. The highest BCUT2D eigenvalue weighted by Crippen LogP contribution is 2.59. The van der Waals surface area contributed by atoms with Crippen LogP contribution < -0.4 is 4.74 Å². The SMILES string of the molecule is CCCOC(C)OC1C=CC2C3CCc4cc(OC(=O)c5ccccc5)ccc4C3CCC12C. The van der Waals surface area contributed by atoms with Gasteiger partial charge in [-0.25, -0.2) is 4.79 Å². The van der Waals surface area contributed by atoms with E-state index in [-0.39, 0.29) is 23.8 Å². The Bertz CT molecular complexity index is 1050. The summed E-state index contributed by atoms with van der Waals surface area (Å²) in [6, 6.07) is 15.4. The Morgan fingerprint density at radius 2 is 1.94 bits per heavy atom. The van der Waals surface area contributed by atoms with E-state index in [1.54, 1.807) is 12.1 Å². The summed E-state index contributed by atoms with van der Waals surface area (Å²) >= 11 is 0. The molecule has 3 aliphatic carbocycles. The second-order valence-corrected chi connectivity index (χ2v) is 10.4. The van der Waals surface area contributed by atoms with Crippen molar-refractivity contribution in [3.8, 4) is 5.75 Å². The number of hydrogen-bond acceptors (Lipinski definition) is 4. The molecule has 0 amide bonds. The van der Waals surface area contributed by atoms with Crippen molar-refractivity contribution < 1.29 is 19.0 Å². The molecule has 0 heterocycles. The van der Waals surface area contributed by atoms with Gasteiger partial charge in [-0.1, -0.05) is 50.3 Å². The second-order valence-electron chi connectivity index (χ2n) is 10.4. The molecular weight excluding hydrogens is 424 g/mol. The summed E-state index contributed by atoms with van der Waals surface area (Å²) in [6.07, 6.45) is 10.2. The lowest BCUT2D eigenvalue weighted by atomic mass is 9.55. The molecule has 4 heteroatoms. The number of carbonyl (C=O) groups is 1. The predicted octanol–water partition coefficient (Wildman–Crippen LogP) is 6.70. The fraction of sp³-hybridized carbons (Fsp3) is 0.500. The minimum atomic E-state index is -0.304. The van der Waals surface area contributed by atoms with Crippen molar-refractivity contribution in [3.63, 3.8) is 0 Å². The molecule has 5 rings (SSSR count). The molecule has 1 fully saturated rings. The highest BCUT2D eigenvalue weighted by Gasteiger charge is 2.53. The normalized spacial score (nSPS) is 30.2. The van der Waals surface area contributed by atoms with E-state index < -0.39 is 0 Å². The first-order valence-corrected chi connectivity index (χ1v) is 12.8. The standard InChI is InChI=1S/C30H36O4/c1-4-18-32-20(2)33-28-15-14-27-26-12-10-22-19-23(34-29(31)21-8-6-5-7-9-21)11-13-24(22)25(26)16-17-30(27,28)3/h5-9,11,13-15,19-20,25-28H,4,10,12,16-18H2,1-3H3. The third-order valence-corrected chi connectivity index (χ3v) is 8.25. The lowest BCUT2D eigenvalue weighted by molar-refractivity contribution is -0.181. The van der Waals surface area contributed by atoms with Crippen LogP contribution in [0.3, 0.4) is 0 Å². The average molecular weight is 461 g/mol. The molecule has 0 saturated heterocycles. The van der Waals surface area contributed by atoms with Gasteiger partial charge in [-0.05, 0) is 92.2 Å². The molecule has 0 aliphatic heterocycles. The van der Waals surface area contributed by atoms with Crippen molar-refractivity contribution >= 4 is 5.97 Å². The molecule has 6 unspecified atom stereocenters. The van der Waals surface area contributed by atoms with Gasteiger partial charge in [-0.3, -0.25) is 0 Å². The minimum absolute atomic E-state index is 0.117. The maximum atomic E-state index is 12.5. The van der Waals surface area contributed by atoms with Gasteiger partial charge in [0.25, 0.3) is 0 Å². The van der Waals surface area contributed by atoms with Gasteiger partial charge in [-0.2, -0.15) is 0 Å². The quantitative estimate of drug-likeness (QED) is 0.200. The van der Waals surface area contributed by atoms with Crippen LogP contribution in [0.1, 0.15) is 73.9 Å². The molecule has 34 heavy (non-hydrogen) atoms. The molecule has 2 aromatic carbocycles. The Balaban J connectivity index is 1.29. The molecule has 4 nitrogen and oxygen atoms in total. The second kappa shape index (κ2) is 9.67. The number of carbonyl (C=O) groups excluding carboxylic acids is 1. The minimum Gasteiger partial charge on any atom is -0.423 e. The largest absolute Gasteiger partial charge is 0.423 e. The first-order chi connectivity index (χ1) is 16.5. The number of ether oxygens (including phenoxy) is 3. The summed E-state index contributed by atoms with van der Waals surface area (Å²) in [5, 5.41) is 0. The molecule has 2 aromatic rings. The number of fused-ring (bicyclic) bond motifs is 5. The van der Waals surface area contributed by atoms with E-state index >= 15 is 0 Å². The molecule has 0 radical (unpaired) electrons. The highest BCUT2D eigenvalue weighted by atomic mass is 16.7. The van der Waals surface area contributed by atoms with Crippen molar-refractivity contribution in [3.05, 3.63) is 77.4 Å². The lowest BCUT2D eigenvalue weighted by Crippen LogP contribution is -2.46. The summed E-state index contributed by atoms with van der Waals surface area (Å²) in [5.41, 5.74) is 3.48. The van der Waals surface area contributed by atoms with E-state index in [1.165, 1.54) is 17.5 Å². The van der Waals surface area contributed by atoms with E-state index in [2.05, 4.69) is 38.1 Å². The molecule has 0 bridgehead atoms. The fourth-order valence-corrected chi connectivity index (χ4v) is 6.50. The Morgan fingerprint density at radius 1 is 1.12 bits per heavy atom. The third kappa shape index (κ3) is 4.34. The number of aryl methyl sites for hydroxylation is 1. The Hall–Kier alpha value is -2.43. The zero-order chi connectivity index (χ0) is 23.7. The number of allylic oxidation sites excluding steroid dienone is 1. The number of esters is 1. The molecule has 0 N–H and O–H groups in total. The van der Waals surface area contributed by atoms with Crippen LogP contribution in [-0.4, -0.2) is 25.0 Å². The Labute approximate surface area is 203 Å². The summed E-state index contributed by atoms with van der Waals surface area (Å²) < 4.78 is 17.9. The zero-order valence-corrected chi connectivity index (χ0v) is 20.5. The number of benzene rings is 2. The van der Waals surface area contributed by atoms with Crippen molar-refractivity contribution in [2.45, 2.75) is 71.2 Å². The van der Waals surface area contributed by atoms with Gasteiger partial charge in [0.05, 0.1) is 11.7 Å².